The molecule has 0 bridgehead atoms. The van der Waals surface area contributed by atoms with E-state index in [4.69, 9.17) is 37.4 Å². The van der Waals surface area contributed by atoms with E-state index in [9.17, 15) is 4.79 Å². The summed E-state index contributed by atoms with van der Waals surface area (Å²) in [5.41, 5.74) is 0.585. The van der Waals surface area contributed by atoms with Gasteiger partial charge in [-0.2, -0.15) is 0 Å². The molecule has 7 heteroatoms. The molecule has 0 saturated carbocycles. The standard InChI is InChI=1S/C16H15Cl2NO4/c1-21-9-4-7-13(22-2)12(8-9)19-16(20)14-10(17)5-6-11(18)15(14)23-3/h4-8H,1-3H3,(H,19,20). The average Bonchev–Trinajstić information content (AvgIpc) is 2.56. The van der Waals surface area contributed by atoms with Gasteiger partial charge in [0, 0.05) is 6.07 Å². The summed E-state index contributed by atoms with van der Waals surface area (Å²) in [5, 5.41) is 3.25. The molecule has 0 aromatic heterocycles. The highest BCUT2D eigenvalue weighted by atomic mass is 35.5. The Balaban J connectivity index is 2.42. The summed E-state index contributed by atoms with van der Waals surface area (Å²) in [4.78, 5) is 12.6. The Morgan fingerprint density at radius 2 is 1.65 bits per heavy atom. The van der Waals surface area contributed by atoms with E-state index in [0.29, 0.717) is 22.2 Å². The molecule has 122 valence electrons. The van der Waals surface area contributed by atoms with E-state index in [2.05, 4.69) is 5.32 Å². The van der Waals surface area contributed by atoms with E-state index in [1.54, 1.807) is 24.3 Å². The molecule has 23 heavy (non-hydrogen) atoms. The van der Waals surface area contributed by atoms with Crippen LogP contribution in [0.4, 0.5) is 5.69 Å². The number of hydrogen-bond donors (Lipinski definition) is 1. The monoisotopic (exact) mass is 355 g/mol. The maximum absolute atomic E-state index is 12.6. The van der Waals surface area contributed by atoms with Crippen molar-refractivity contribution in [3.05, 3.63) is 45.9 Å². The van der Waals surface area contributed by atoms with Crippen LogP contribution in [0.2, 0.25) is 10.0 Å². The number of hydrogen-bond acceptors (Lipinski definition) is 4. The second kappa shape index (κ2) is 7.44. The van der Waals surface area contributed by atoms with Crippen molar-refractivity contribution in [1.82, 2.24) is 0 Å². The number of carbonyl (C=O) groups excluding carboxylic acids is 1. The molecule has 0 radical (unpaired) electrons. The van der Waals surface area contributed by atoms with Crippen LogP contribution in [0.5, 0.6) is 17.2 Å². The molecule has 0 saturated heterocycles. The van der Waals surface area contributed by atoms with Crippen molar-refractivity contribution in [2.45, 2.75) is 0 Å². The molecule has 0 spiro atoms. The van der Waals surface area contributed by atoms with Gasteiger partial charge in [0.05, 0.1) is 37.1 Å². The van der Waals surface area contributed by atoms with Gasteiger partial charge in [0.15, 0.2) is 5.75 Å². The SMILES string of the molecule is COc1ccc(OC)c(NC(=O)c2c(Cl)ccc(Cl)c2OC)c1. The summed E-state index contributed by atoms with van der Waals surface area (Å²) in [5.74, 6) is 0.793. The summed E-state index contributed by atoms with van der Waals surface area (Å²) in [6.45, 7) is 0. The summed E-state index contributed by atoms with van der Waals surface area (Å²) >= 11 is 12.2. The minimum atomic E-state index is -0.471. The van der Waals surface area contributed by atoms with Gasteiger partial charge in [0.25, 0.3) is 5.91 Å². The molecule has 0 aliphatic carbocycles. The lowest BCUT2D eigenvalue weighted by atomic mass is 10.1. The van der Waals surface area contributed by atoms with Gasteiger partial charge in [-0.1, -0.05) is 23.2 Å². The Bertz CT molecular complexity index is 734. The predicted octanol–water partition coefficient (Wildman–Crippen LogP) is 4.27. The minimum Gasteiger partial charge on any atom is -0.497 e. The highest BCUT2D eigenvalue weighted by molar-refractivity contribution is 6.37. The fourth-order valence-electron chi connectivity index (χ4n) is 2.04. The third-order valence-electron chi connectivity index (χ3n) is 3.14. The van der Waals surface area contributed by atoms with Gasteiger partial charge >= 0.3 is 0 Å². The van der Waals surface area contributed by atoms with Crippen molar-refractivity contribution < 1.29 is 19.0 Å². The van der Waals surface area contributed by atoms with Crippen molar-refractivity contribution >= 4 is 34.8 Å². The first-order valence-electron chi connectivity index (χ1n) is 6.57. The topological polar surface area (TPSA) is 56.8 Å². The first-order valence-corrected chi connectivity index (χ1v) is 7.32. The molecule has 2 aromatic rings. The fraction of sp³-hybridized carbons (Fsp3) is 0.188. The third kappa shape index (κ3) is 3.63. The fourth-order valence-corrected chi connectivity index (χ4v) is 2.51. The second-order valence-electron chi connectivity index (χ2n) is 4.46. The van der Waals surface area contributed by atoms with Gasteiger partial charge < -0.3 is 19.5 Å². The van der Waals surface area contributed by atoms with Crippen molar-refractivity contribution in [1.29, 1.82) is 0 Å². The predicted molar refractivity (Wildman–Crippen MR) is 90.5 cm³/mol. The Kier molecular flexibility index (Phi) is 5.58. The molecule has 2 rings (SSSR count). The molecule has 1 N–H and O–H groups in total. The molecule has 0 aliphatic heterocycles. The third-order valence-corrected chi connectivity index (χ3v) is 3.76. The number of methoxy groups -OCH3 is 3. The smallest absolute Gasteiger partial charge is 0.261 e. The number of ether oxygens (including phenoxy) is 3. The first-order chi connectivity index (χ1) is 11.0. The van der Waals surface area contributed by atoms with Crippen molar-refractivity contribution in [3.63, 3.8) is 0 Å². The molecular formula is C16H15Cl2NO4. The number of benzene rings is 2. The summed E-state index contributed by atoms with van der Waals surface area (Å²) in [6.07, 6.45) is 0. The molecule has 0 heterocycles. The lowest BCUT2D eigenvalue weighted by Gasteiger charge is -2.14. The lowest BCUT2D eigenvalue weighted by Crippen LogP contribution is -2.15. The van der Waals surface area contributed by atoms with Crippen LogP contribution < -0.4 is 19.5 Å². The number of amides is 1. The van der Waals surface area contributed by atoms with Crippen molar-refractivity contribution in [3.8, 4) is 17.2 Å². The quantitative estimate of drug-likeness (QED) is 0.869. The van der Waals surface area contributed by atoms with Gasteiger partial charge in [-0.15, -0.1) is 0 Å². The maximum Gasteiger partial charge on any atom is 0.261 e. The van der Waals surface area contributed by atoms with Crippen LogP contribution in [-0.4, -0.2) is 27.2 Å². The molecule has 0 unspecified atom stereocenters. The number of anilines is 1. The van der Waals surface area contributed by atoms with Gasteiger partial charge in [0.1, 0.15) is 17.1 Å². The zero-order chi connectivity index (χ0) is 17.0. The molecular weight excluding hydrogens is 341 g/mol. The van der Waals surface area contributed by atoms with Gasteiger partial charge in [-0.05, 0) is 24.3 Å². The number of rotatable bonds is 5. The first kappa shape index (κ1) is 17.2. The molecule has 0 fully saturated rings. The second-order valence-corrected chi connectivity index (χ2v) is 5.27. The van der Waals surface area contributed by atoms with E-state index in [1.807, 2.05) is 0 Å². The van der Waals surface area contributed by atoms with Crippen LogP contribution in [0.25, 0.3) is 0 Å². The molecule has 2 aromatic carbocycles. The normalized spacial score (nSPS) is 10.1. The van der Waals surface area contributed by atoms with Gasteiger partial charge in [-0.25, -0.2) is 0 Å². The Labute approximate surface area is 144 Å². The minimum absolute atomic E-state index is 0.145. The van der Waals surface area contributed by atoms with Gasteiger partial charge in [0.2, 0.25) is 0 Å². The van der Waals surface area contributed by atoms with Crippen LogP contribution in [0, 0.1) is 0 Å². The molecule has 0 atom stereocenters. The highest BCUT2D eigenvalue weighted by Crippen LogP contribution is 2.35. The maximum atomic E-state index is 12.6. The molecule has 0 aliphatic rings. The largest absolute Gasteiger partial charge is 0.497 e. The zero-order valence-corrected chi connectivity index (χ0v) is 14.3. The number of nitrogens with one attached hydrogen (secondary N) is 1. The Morgan fingerprint density at radius 3 is 2.26 bits per heavy atom. The van der Waals surface area contributed by atoms with Crippen LogP contribution >= 0.6 is 23.2 Å². The van der Waals surface area contributed by atoms with E-state index in [1.165, 1.54) is 27.4 Å². The Hall–Kier alpha value is -2.11. The van der Waals surface area contributed by atoms with E-state index in [-0.39, 0.29) is 16.3 Å². The van der Waals surface area contributed by atoms with E-state index in [0.717, 1.165) is 0 Å². The van der Waals surface area contributed by atoms with Gasteiger partial charge in [-0.3, -0.25) is 4.79 Å². The summed E-state index contributed by atoms with van der Waals surface area (Å²) in [7, 11) is 4.45. The number of carbonyl (C=O) groups is 1. The number of halogens is 2. The molecule has 5 nitrogen and oxygen atoms in total. The van der Waals surface area contributed by atoms with Crippen molar-refractivity contribution in [2.24, 2.45) is 0 Å². The van der Waals surface area contributed by atoms with Crippen LogP contribution in [0.1, 0.15) is 10.4 Å². The highest BCUT2D eigenvalue weighted by Gasteiger charge is 2.20. The summed E-state index contributed by atoms with van der Waals surface area (Å²) < 4.78 is 15.6. The van der Waals surface area contributed by atoms with E-state index >= 15 is 0 Å². The van der Waals surface area contributed by atoms with Crippen LogP contribution in [0.15, 0.2) is 30.3 Å². The van der Waals surface area contributed by atoms with Crippen LogP contribution in [0.3, 0.4) is 0 Å². The van der Waals surface area contributed by atoms with E-state index < -0.39 is 5.91 Å². The van der Waals surface area contributed by atoms with Crippen molar-refractivity contribution in [2.75, 3.05) is 26.6 Å². The molecule has 1 amide bonds. The lowest BCUT2D eigenvalue weighted by molar-refractivity contribution is 0.102. The zero-order valence-electron chi connectivity index (χ0n) is 12.8. The summed E-state index contributed by atoms with van der Waals surface area (Å²) in [6, 6.07) is 8.14. The average molecular weight is 356 g/mol. The Morgan fingerprint density at radius 1 is 0.957 bits per heavy atom. The van der Waals surface area contributed by atoms with Crippen LogP contribution in [-0.2, 0) is 0 Å².